The third-order valence-electron chi connectivity index (χ3n) is 4.03. The molecule has 2 rings (SSSR count). The summed E-state index contributed by atoms with van der Waals surface area (Å²) in [4.78, 5) is 0. The molecule has 0 atom stereocenters. The lowest BCUT2D eigenvalue weighted by Crippen LogP contribution is -2.19. The summed E-state index contributed by atoms with van der Waals surface area (Å²) in [5, 5.41) is 22.7. The quantitative estimate of drug-likeness (QED) is 0.508. The van der Waals surface area contributed by atoms with Gasteiger partial charge in [0.25, 0.3) is 0 Å². The third-order valence-corrected chi connectivity index (χ3v) is 4.03. The Labute approximate surface area is 136 Å². The topological polar surface area (TPSA) is 67.1 Å². The van der Waals surface area contributed by atoms with Crippen LogP contribution in [0.3, 0.4) is 0 Å². The van der Waals surface area contributed by atoms with Crippen LogP contribution in [0.4, 0.5) is 11.5 Å². The average Bonchev–Trinajstić information content (AvgIpc) is 2.54. The fourth-order valence-corrected chi connectivity index (χ4v) is 2.45. The highest BCUT2D eigenvalue weighted by molar-refractivity contribution is 5.49. The first kappa shape index (κ1) is 16.7. The third kappa shape index (κ3) is 2.97. The van der Waals surface area contributed by atoms with Crippen molar-refractivity contribution in [3.8, 4) is 11.5 Å². The second kappa shape index (κ2) is 6.24. The molecule has 0 aliphatic rings. The molecule has 0 spiro atoms. The molecule has 0 aliphatic heterocycles. The number of nitrogens with zero attached hydrogens (tertiary/aromatic N) is 3. The van der Waals surface area contributed by atoms with Crippen LogP contribution in [0.15, 0.2) is 29.4 Å². The predicted molar refractivity (Wildman–Crippen MR) is 89.2 cm³/mol. The Kier molecular flexibility index (Phi) is 4.54. The molecule has 1 aromatic heterocycles. The summed E-state index contributed by atoms with van der Waals surface area (Å²) in [5.74, 6) is 1.61. The van der Waals surface area contributed by atoms with E-state index in [-0.39, 0.29) is 11.2 Å². The van der Waals surface area contributed by atoms with Crippen molar-refractivity contribution in [3.63, 3.8) is 0 Å². The summed E-state index contributed by atoms with van der Waals surface area (Å²) < 4.78 is 6.21. The molecule has 1 aromatic carbocycles. The summed E-state index contributed by atoms with van der Waals surface area (Å²) in [6.07, 6.45) is 0. The molecule has 6 nitrogen and oxygen atoms in total. The Balaban J connectivity index is 2.67. The Morgan fingerprint density at radius 3 is 2.39 bits per heavy atom. The van der Waals surface area contributed by atoms with Gasteiger partial charge >= 0.3 is 11.4 Å². The van der Waals surface area contributed by atoms with E-state index in [0.29, 0.717) is 11.4 Å². The Hall–Kier alpha value is -2.63. The van der Waals surface area contributed by atoms with E-state index in [2.05, 4.69) is 9.48 Å². The normalized spacial score (nSPS) is 11.7. The molecule has 0 aliphatic carbocycles. The van der Waals surface area contributed by atoms with E-state index in [4.69, 9.17) is 5.41 Å². The van der Waals surface area contributed by atoms with Crippen LogP contribution in [0.25, 0.3) is 0 Å². The van der Waals surface area contributed by atoms with Gasteiger partial charge in [-0.1, -0.05) is 16.8 Å². The molecule has 0 amide bonds. The lowest BCUT2D eigenvalue weighted by Gasteiger charge is -2.13. The lowest BCUT2D eigenvalue weighted by molar-refractivity contribution is -0.478. The molecule has 0 fully saturated rings. The summed E-state index contributed by atoms with van der Waals surface area (Å²) in [7, 11) is 7.41. The van der Waals surface area contributed by atoms with Crippen molar-refractivity contribution < 1.29 is 14.2 Å². The van der Waals surface area contributed by atoms with Gasteiger partial charge in [0.1, 0.15) is 0 Å². The number of aromatic nitrogens is 1. The summed E-state index contributed by atoms with van der Waals surface area (Å²) >= 11 is 0. The van der Waals surface area contributed by atoms with Crippen molar-refractivity contribution in [2.45, 2.75) is 13.8 Å². The number of aromatic hydroxyl groups is 1. The van der Waals surface area contributed by atoms with Crippen molar-refractivity contribution >= 4 is 11.5 Å². The smallest absolute Gasteiger partial charge is 0.330 e. The van der Waals surface area contributed by atoms with E-state index in [1.54, 1.807) is 23.2 Å². The second-order valence-corrected chi connectivity index (χ2v) is 5.74. The van der Waals surface area contributed by atoms with Gasteiger partial charge in [0.2, 0.25) is 5.82 Å². The maximum atomic E-state index is 9.99. The van der Waals surface area contributed by atoms with Crippen LogP contribution in [0.2, 0.25) is 0 Å². The number of azo groups is 2. The highest BCUT2D eigenvalue weighted by atomic mass is 16.7. The molecular weight excluding hydrogens is 292 g/mol. The van der Waals surface area contributed by atoms with Crippen LogP contribution < -0.4 is 5.49 Å². The van der Waals surface area contributed by atoms with E-state index in [0.717, 1.165) is 17.0 Å². The minimum Gasteiger partial charge on any atom is -0.571 e. The largest absolute Gasteiger partial charge is 0.571 e. The molecule has 23 heavy (non-hydrogen) atoms. The van der Waals surface area contributed by atoms with Crippen LogP contribution in [-0.2, 0) is 11.4 Å². The summed E-state index contributed by atoms with van der Waals surface area (Å²) in [5.41, 5.74) is 2.51. The molecule has 0 saturated heterocycles. The van der Waals surface area contributed by atoms with Gasteiger partial charge in [0.05, 0.1) is 0 Å². The lowest BCUT2D eigenvalue weighted by atomic mass is 10.1. The van der Waals surface area contributed by atoms with Crippen LogP contribution in [0, 0.1) is 19.3 Å². The highest BCUT2D eigenvalue weighted by Gasteiger charge is 2.21. The zero-order valence-electron chi connectivity index (χ0n) is 14.5. The summed E-state index contributed by atoms with van der Waals surface area (Å²) in [6, 6.07) is 7.91. The molecule has 122 valence electrons. The zero-order valence-corrected chi connectivity index (χ0v) is 14.5. The maximum absolute atomic E-state index is 9.99. The summed E-state index contributed by atoms with van der Waals surface area (Å²) in [6.45, 7) is 3.69. The fourth-order valence-electron chi connectivity index (χ4n) is 2.45. The van der Waals surface area contributed by atoms with E-state index in [9.17, 15) is 5.11 Å². The van der Waals surface area contributed by atoms with Gasteiger partial charge in [-0.3, -0.25) is 5.41 Å². The molecule has 2 aromatic rings. The molecule has 0 unspecified atom stereocenters. The van der Waals surface area contributed by atoms with Gasteiger partial charge in [-0.05, 0) is 13.8 Å². The minimum atomic E-state index is -0.00384. The number of para-hydroxylation sites is 2. The average molecular weight is 316 g/mol. The van der Waals surface area contributed by atoms with Gasteiger partial charge < -0.3 is 14.0 Å². The Morgan fingerprint density at radius 2 is 1.78 bits per heavy atom. The molecule has 0 saturated carbocycles. The van der Waals surface area contributed by atoms with Crippen LogP contribution >= 0.6 is 0 Å². The number of rotatable bonds is 3. The first-order chi connectivity index (χ1) is 10.8. The van der Waals surface area contributed by atoms with Gasteiger partial charge in [-0.2, -0.15) is 0 Å². The van der Waals surface area contributed by atoms with Gasteiger partial charge in [-0.25, -0.2) is 0 Å². The van der Waals surface area contributed by atoms with Crippen LogP contribution in [0.1, 0.15) is 11.1 Å². The van der Waals surface area contributed by atoms with Crippen molar-refractivity contribution in [1.29, 1.82) is 5.41 Å². The Bertz CT molecular complexity index is 835. The van der Waals surface area contributed by atoms with Gasteiger partial charge in [-0.15, -0.1) is 0 Å². The number of nitrogens with one attached hydrogen (secondary N) is 1. The maximum Gasteiger partial charge on any atom is 0.330 e. The van der Waals surface area contributed by atoms with Gasteiger partial charge in [0.15, 0.2) is 32.5 Å². The standard InChI is InChI=1S/C17H23N4O2/c1-11-12(2)17(20(3)16(18)15(11)22)19-21(4)13-9-7-8-10-14(13)23(5)6/h7-10,18H,1-6H3/q+1/p+1. The minimum absolute atomic E-state index is 0.00384. The first-order valence-corrected chi connectivity index (χ1v) is 7.31. The predicted octanol–water partition coefficient (Wildman–Crippen LogP) is 3.41. The van der Waals surface area contributed by atoms with Crippen molar-refractivity contribution in [2.75, 3.05) is 21.3 Å². The molecular formula is C17H24N4O2+2. The van der Waals surface area contributed by atoms with E-state index >= 15 is 0 Å². The van der Waals surface area contributed by atoms with E-state index in [1.807, 2.05) is 52.5 Å². The fraction of sp³-hybridized carbons (Fsp3) is 0.353. The van der Waals surface area contributed by atoms with Crippen molar-refractivity contribution in [2.24, 2.45) is 12.2 Å². The second-order valence-electron chi connectivity index (χ2n) is 5.74. The van der Waals surface area contributed by atoms with Crippen molar-refractivity contribution in [1.82, 2.24) is 4.57 Å². The van der Waals surface area contributed by atoms with Crippen molar-refractivity contribution in [3.05, 3.63) is 40.9 Å². The molecule has 6 heteroatoms. The van der Waals surface area contributed by atoms with E-state index in [1.165, 1.54) is 0 Å². The zero-order chi connectivity index (χ0) is 17.3. The first-order valence-electron chi connectivity index (χ1n) is 7.31. The highest BCUT2D eigenvalue weighted by Crippen LogP contribution is 2.33. The number of hydrogen-bond donors (Lipinski definition) is 2. The molecule has 0 radical (unpaired) electrons. The van der Waals surface area contributed by atoms with Gasteiger partial charge in [0, 0.05) is 35.4 Å². The molecule has 2 N–H and O–H groups in total. The molecule has 1 heterocycles. The monoisotopic (exact) mass is 316 g/mol. The van der Waals surface area contributed by atoms with E-state index < -0.39 is 0 Å². The number of pyridine rings is 1. The Morgan fingerprint density at radius 1 is 1.17 bits per heavy atom. The number of benzene rings is 1. The van der Waals surface area contributed by atoms with Crippen LogP contribution in [-0.4, -0.2) is 35.6 Å². The SMILES string of the molecule is Cc1c(C)c(N=[N+](C)c2ccccc2[O+](C)C)n(C)c(=N)c1O. The molecule has 0 bridgehead atoms. The van der Waals surface area contributed by atoms with Crippen LogP contribution in [0.5, 0.6) is 11.5 Å². The number of hydrogen-bond acceptors (Lipinski definition) is 3.